The molecule has 170 valence electrons. The Balaban J connectivity index is 1.97. The van der Waals surface area contributed by atoms with Crippen molar-refractivity contribution in [3.63, 3.8) is 0 Å². The zero-order valence-electron chi connectivity index (χ0n) is 16.9. The van der Waals surface area contributed by atoms with Gasteiger partial charge in [0.25, 0.3) is 0 Å². The van der Waals surface area contributed by atoms with Crippen LogP contribution in [0.25, 0.3) is 11.0 Å². The number of esters is 1. The summed E-state index contributed by atoms with van der Waals surface area (Å²) < 4.78 is 53.0. The summed E-state index contributed by atoms with van der Waals surface area (Å²) in [6.07, 6.45) is -4.77. The SMILES string of the molecule is COC(=O)c1cc(N2CCOCC2)cc2c1nc(C(F)(F)F)n2Cc1cccc(Cl)c1Cl. The molecule has 4 rings (SSSR count). The summed E-state index contributed by atoms with van der Waals surface area (Å²) in [4.78, 5) is 18.2. The number of anilines is 1. The summed E-state index contributed by atoms with van der Waals surface area (Å²) in [7, 11) is 1.17. The maximum Gasteiger partial charge on any atom is 0.449 e. The van der Waals surface area contributed by atoms with E-state index >= 15 is 0 Å². The van der Waals surface area contributed by atoms with Crippen LogP contribution in [-0.4, -0.2) is 48.9 Å². The number of carbonyl (C=O) groups is 1. The molecule has 6 nitrogen and oxygen atoms in total. The van der Waals surface area contributed by atoms with E-state index in [0.717, 1.165) is 4.57 Å². The fourth-order valence-corrected chi connectivity index (χ4v) is 4.07. The largest absolute Gasteiger partial charge is 0.465 e. The van der Waals surface area contributed by atoms with Crippen LogP contribution in [0, 0.1) is 0 Å². The third-order valence-corrected chi connectivity index (χ3v) is 6.09. The highest BCUT2D eigenvalue weighted by Gasteiger charge is 2.39. The molecule has 0 N–H and O–H groups in total. The fraction of sp³-hybridized carbons (Fsp3) is 0.333. The predicted octanol–water partition coefficient (Wildman–Crippen LogP) is 5.03. The molecular formula is C21H18Cl2F3N3O3. The number of hydrogen-bond donors (Lipinski definition) is 0. The third kappa shape index (κ3) is 4.24. The van der Waals surface area contributed by atoms with E-state index in [1.165, 1.54) is 13.2 Å². The Hall–Kier alpha value is -2.49. The van der Waals surface area contributed by atoms with Gasteiger partial charge >= 0.3 is 12.1 Å². The third-order valence-electron chi connectivity index (χ3n) is 5.23. The van der Waals surface area contributed by atoms with Gasteiger partial charge in [0.2, 0.25) is 5.82 Å². The molecule has 3 aromatic rings. The first kappa shape index (κ1) is 22.7. The first-order valence-corrected chi connectivity index (χ1v) is 10.4. The smallest absolute Gasteiger partial charge is 0.449 e. The molecule has 0 saturated carbocycles. The zero-order chi connectivity index (χ0) is 23.0. The number of ether oxygens (including phenoxy) is 2. The van der Waals surface area contributed by atoms with Gasteiger partial charge in [-0.05, 0) is 23.8 Å². The van der Waals surface area contributed by atoms with Crippen molar-refractivity contribution in [3.05, 3.63) is 57.3 Å². The molecular weight excluding hydrogens is 470 g/mol. The molecule has 0 aliphatic carbocycles. The molecule has 32 heavy (non-hydrogen) atoms. The molecule has 0 atom stereocenters. The lowest BCUT2D eigenvalue weighted by Crippen LogP contribution is -2.36. The van der Waals surface area contributed by atoms with Gasteiger partial charge in [-0.3, -0.25) is 0 Å². The molecule has 2 aromatic carbocycles. The van der Waals surface area contributed by atoms with Crippen molar-refractivity contribution < 1.29 is 27.4 Å². The van der Waals surface area contributed by atoms with Crippen LogP contribution < -0.4 is 4.90 Å². The van der Waals surface area contributed by atoms with Crippen LogP contribution in [0.1, 0.15) is 21.7 Å². The van der Waals surface area contributed by atoms with Gasteiger partial charge in [-0.2, -0.15) is 13.2 Å². The van der Waals surface area contributed by atoms with E-state index in [1.807, 2.05) is 4.90 Å². The minimum Gasteiger partial charge on any atom is -0.465 e. The van der Waals surface area contributed by atoms with E-state index in [2.05, 4.69) is 4.98 Å². The summed E-state index contributed by atoms with van der Waals surface area (Å²) in [5.41, 5.74) is 0.957. The van der Waals surface area contributed by atoms with Crippen LogP contribution in [0.3, 0.4) is 0 Å². The van der Waals surface area contributed by atoms with E-state index in [9.17, 15) is 18.0 Å². The van der Waals surface area contributed by atoms with Crippen molar-refractivity contribution in [3.8, 4) is 0 Å². The molecule has 0 spiro atoms. The molecule has 1 aromatic heterocycles. The van der Waals surface area contributed by atoms with Crippen molar-refractivity contribution in [2.24, 2.45) is 0 Å². The van der Waals surface area contributed by atoms with Crippen LogP contribution in [0.4, 0.5) is 18.9 Å². The van der Waals surface area contributed by atoms with Crippen molar-refractivity contribution in [2.45, 2.75) is 12.7 Å². The van der Waals surface area contributed by atoms with Gasteiger partial charge in [0.05, 0.1) is 48.0 Å². The monoisotopic (exact) mass is 487 g/mol. The Morgan fingerprint density at radius 3 is 2.59 bits per heavy atom. The number of methoxy groups -OCH3 is 1. The highest BCUT2D eigenvalue weighted by Crippen LogP contribution is 2.36. The van der Waals surface area contributed by atoms with Gasteiger partial charge in [-0.25, -0.2) is 9.78 Å². The van der Waals surface area contributed by atoms with Crippen LogP contribution in [-0.2, 0) is 22.2 Å². The first-order valence-electron chi connectivity index (χ1n) is 9.66. The summed E-state index contributed by atoms with van der Waals surface area (Å²) in [5.74, 6) is -1.92. The van der Waals surface area contributed by atoms with Gasteiger partial charge in [0.1, 0.15) is 5.52 Å². The van der Waals surface area contributed by atoms with Crippen molar-refractivity contribution >= 4 is 45.9 Å². The topological polar surface area (TPSA) is 56.6 Å². The van der Waals surface area contributed by atoms with E-state index in [0.29, 0.717) is 37.6 Å². The second kappa shape index (κ2) is 8.80. The Kier molecular flexibility index (Phi) is 6.24. The average Bonchev–Trinajstić information content (AvgIpc) is 3.15. The Morgan fingerprint density at radius 2 is 1.94 bits per heavy atom. The number of benzene rings is 2. The molecule has 1 fully saturated rings. The van der Waals surface area contributed by atoms with Crippen LogP contribution in [0.5, 0.6) is 0 Å². The quantitative estimate of drug-likeness (QED) is 0.483. The highest BCUT2D eigenvalue weighted by atomic mass is 35.5. The lowest BCUT2D eigenvalue weighted by Gasteiger charge is -2.29. The molecule has 0 unspecified atom stereocenters. The Labute approximate surface area is 191 Å². The van der Waals surface area contributed by atoms with Crippen molar-refractivity contribution in [1.29, 1.82) is 0 Å². The average molecular weight is 488 g/mol. The summed E-state index contributed by atoms with van der Waals surface area (Å²) >= 11 is 12.3. The minimum absolute atomic E-state index is 0.0482. The Morgan fingerprint density at radius 1 is 1.22 bits per heavy atom. The van der Waals surface area contributed by atoms with Crippen LogP contribution in [0.15, 0.2) is 30.3 Å². The number of carbonyl (C=O) groups excluding carboxylic acids is 1. The molecule has 2 heterocycles. The zero-order valence-corrected chi connectivity index (χ0v) is 18.4. The van der Waals surface area contributed by atoms with E-state index in [4.69, 9.17) is 32.7 Å². The van der Waals surface area contributed by atoms with Crippen LogP contribution in [0.2, 0.25) is 10.0 Å². The van der Waals surface area contributed by atoms with E-state index in [-0.39, 0.29) is 33.2 Å². The van der Waals surface area contributed by atoms with Crippen molar-refractivity contribution in [2.75, 3.05) is 38.3 Å². The van der Waals surface area contributed by atoms with Gasteiger partial charge in [0, 0.05) is 18.8 Å². The van der Waals surface area contributed by atoms with E-state index in [1.54, 1.807) is 24.3 Å². The van der Waals surface area contributed by atoms with Gasteiger partial charge < -0.3 is 18.9 Å². The van der Waals surface area contributed by atoms with Gasteiger partial charge in [-0.15, -0.1) is 0 Å². The standard InChI is InChI=1S/C21H18Cl2F3N3O3/c1-31-19(30)14-9-13(28-5-7-32-8-6-28)10-16-18(14)27-20(21(24,25)26)29(16)11-12-3-2-4-15(22)17(12)23/h2-4,9-10H,5-8,11H2,1H3. The number of rotatable bonds is 4. The second-order valence-corrected chi connectivity index (χ2v) is 7.97. The molecule has 0 bridgehead atoms. The fourth-order valence-electron chi connectivity index (χ4n) is 3.69. The number of hydrogen-bond acceptors (Lipinski definition) is 5. The number of imidazole rings is 1. The number of aromatic nitrogens is 2. The molecule has 1 aliphatic rings. The number of halogens is 5. The lowest BCUT2D eigenvalue weighted by atomic mass is 10.1. The molecule has 1 aliphatic heterocycles. The summed E-state index contributed by atoms with van der Waals surface area (Å²) in [6.45, 7) is 1.77. The van der Waals surface area contributed by atoms with Gasteiger partial charge in [0.15, 0.2) is 0 Å². The maximum atomic E-state index is 14.0. The number of fused-ring (bicyclic) bond motifs is 1. The lowest BCUT2D eigenvalue weighted by molar-refractivity contribution is -0.146. The second-order valence-electron chi connectivity index (χ2n) is 7.18. The summed E-state index contributed by atoms with van der Waals surface area (Å²) in [6, 6.07) is 7.84. The maximum absolute atomic E-state index is 14.0. The molecule has 0 amide bonds. The van der Waals surface area contributed by atoms with E-state index < -0.39 is 18.0 Å². The molecule has 0 radical (unpaired) electrons. The molecule has 11 heteroatoms. The molecule has 1 saturated heterocycles. The number of morpholine rings is 1. The number of nitrogens with zero attached hydrogens (tertiary/aromatic N) is 3. The summed E-state index contributed by atoms with van der Waals surface area (Å²) in [5, 5.41) is 0.382. The van der Waals surface area contributed by atoms with Crippen LogP contribution >= 0.6 is 23.2 Å². The number of alkyl halides is 3. The predicted molar refractivity (Wildman–Crippen MR) is 115 cm³/mol. The van der Waals surface area contributed by atoms with Gasteiger partial charge in [-0.1, -0.05) is 35.3 Å². The normalized spacial score (nSPS) is 14.8. The highest BCUT2D eigenvalue weighted by molar-refractivity contribution is 6.42. The Bertz CT molecular complexity index is 1170. The minimum atomic E-state index is -4.77. The van der Waals surface area contributed by atoms with Crippen molar-refractivity contribution in [1.82, 2.24) is 9.55 Å². The first-order chi connectivity index (χ1) is 15.2.